The normalized spacial score (nSPS) is 10.2. The fourth-order valence-corrected chi connectivity index (χ4v) is 2.02. The Morgan fingerprint density at radius 1 is 0.789 bits per heavy atom. The summed E-state index contributed by atoms with van der Waals surface area (Å²) >= 11 is 0. The van der Waals surface area contributed by atoms with Gasteiger partial charge in [0.15, 0.2) is 0 Å². The summed E-state index contributed by atoms with van der Waals surface area (Å²) in [6.07, 6.45) is 3.75. The monoisotopic (exact) mass is 254 g/mol. The van der Waals surface area contributed by atoms with Gasteiger partial charge >= 0.3 is 0 Å². The molecule has 2 aromatic carbocycles. The number of unbranched alkanes of at least 4 members (excludes halogenated alkanes) is 2. The van der Waals surface area contributed by atoms with Crippen molar-refractivity contribution in [2.24, 2.45) is 0 Å². The van der Waals surface area contributed by atoms with Gasteiger partial charge in [-0.25, -0.2) is 0 Å². The van der Waals surface area contributed by atoms with E-state index in [1.165, 1.54) is 24.9 Å². The van der Waals surface area contributed by atoms with E-state index >= 15 is 0 Å². The van der Waals surface area contributed by atoms with Crippen molar-refractivity contribution in [1.29, 1.82) is 0 Å². The third-order valence-electron chi connectivity index (χ3n) is 3.08. The highest BCUT2D eigenvalue weighted by molar-refractivity contribution is 5.74. The zero-order valence-corrected chi connectivity index (χ0v) is 11.5. The SMILES string of the molecule is CCCCCNc1ccccc1Nc1ccccc1. The van der Waals surface area contributed by atoms with Crippen molar-refractivity contribution in [3.8, 4) is 0 Å². The topological polar surface area (TPSA) is 24.1 Å². The lowest BCUT2D eigenvalue weighted by Gasteiger charge is -2.13. The molecule has 0 aliphatic rings. The largest absolute Gasteiger partial charge is 0.383 e. The van der Waals surface area contributed by atoms with Gasteiger partial charge in [0.05, 0.1) is 11.4 Å². The second-order valence-corrected chi connectivity index (χ2v) is 4.67. The van der Waals surface area contributed by atoms with Crippen molar-refractivity contribution in [3.63, 3.8) is 0 Å². The molecule has 0 saturated heterocycles. The van der Waals surface area contributed by atoms with Crippen LogP contribution in [-0.2, 0) is 0 Å². The minimum Gasteiger partial charge on any atom is -0.383 e. The van der Waals surface area contributed by atoms with E-state index in [4.69, 9.17) is 0 Å². The summed E-state index contributed by atoms with van der Waals surface area (Å²) in [6, 6.07) is 18.6. The van der Waals surface area contributed by atoms with Gasteiger partial charge in [-0.05, 0) is 30.7 Å². The molecular weight excluding hydrogens is 232 g/mol. The number of para-hydroxylation sites is 3. The van der Waals surface area contributed by atoms with E-state index in [1.807, 2.05) is 18.2 Å². The molecule has 0 aromatic heterocycles. The Morgan fingerprint density at radius 2 is 1.47 bits per heavy atom. The van der Waals surface area contributed by atoms with Crippen molar-refractivity contribution >= 4 is 17.1 Å². The summed E-state index contributed by atoms with van der Waals surface area (Å²) in [6.45, 7) is 3.26. The summed E-state index contributed by atoms with van der Waals surface area (Å²) in [7, 11) is 0. The van der Waals surface area contributed by atoms with Crippen LogP contribution >= 0.6 is 0 Å². The predicted molar refractivity (Wildman–Crippen MR) is 84.2 cm³/mol. The Hall–Kier alpha value is -1.96. The van der Waals surface area contributed by atoms with Gasteiger partial charge in [-0.3, -0.25) is 0 Å². The highest BCUT2D eigenvalue weighted by Crippen LogP contribution is 2.24. The first-order chi connectivity index (χ1) is 9.40. The van der Waals surface area contributed by atoms with Crippen molar-refractivity contribution in [2.45, 2.75) is 26.2 Å². The first kappa shape index (κ1) is 13.5. The van der Waals surface area contributed by atoms with Crippen molar-refractivity contribution < 1.29 is 0 Å². The number of nitrogens with one attached hydrogen (secondary N) is 2. The van der Waals surface area contributed by atoms with Gasteiger partial charge in [0.25, 0.3) is 0 Å². The highest BCUT2D eigenvalue weighted by atomic mass is 15.0. The van der Waals surface area contributed by atoms with Gasteiger partial charge in [0.1, 0.15) is 0 Å². The number of anilines is 3. The Morgan fingerprint density at radius 3 is 2.21 bits per heavy atom. The van der Waals surface area contributed by atoms with E-state index < -0.39 is 0 Å². The Kier molecular flexibility index (Phi) is 5.30. The Balaban J connectivity index is 2.00. The lowest BCUT2D eigenvalue weighted by molar-refractivity contribution is 0.744. The molecule has 0 atom stereocenters. The maximum absolute atomic E-state index is 3.51. The van der Waals surface area contributed by atoms with Crippen LogP contribution in [0.4, 0.5) is 17.1 Å². The zero-order chi connectivity index (χ0) is 13.3. The molecule has 0 aliphatic heterocycles. The molecule has 0 unspecified atom stereocenters. The number of rotatable bonds is 7. The molecule has 2 heteroatoms. The van der Waals surface area contributed by atoms with Crippen LogP contribution in [0.5, 0.6) is 0 Å². The molecular formula is C17H22N2. The molecule has 0 heterocycles. The van der Waals surface area contributed by atoms with Crippen LogP contribution in [0.1, 0.15) is 26.2 Å². The third kappa shape index (κ3) is 4.32. The lowest BCUT2D eigenvalue weighted by Crippen LogP contribution is -2.04. The zero-order valence-electron chi connectivity index (χ0n) is 11.5. The molecule has 2 rings (SSSR count). The standard InChI is InChI=1S/C17H22N2/c1-2-3-9-14-18-16-12-7-8-13-17(16)19-15-10-5-4-6-11-15/h4-8,10-13,18-19H,2-3,9,14H2,1H3. The molecule has 0 fully saturated rings. The summed E-state index contributed by atoms with van der Waals surface area (Å²) in [5, 5.41) is 6.96. The van der Waals surface area contributed by atoms with E-state index in [-0.39, 0.29) is 0 Å². The molecule has 2 N–H and O–H groups in total. The van der Waals surface area contributed by atoms with E-state index in [0.717, 1.165) is 17.9 Å². The average molecular weight is 254 g/mol. The van der Waals surface area contributed by atoms with Crippen molar-refractivity contribution in [3.05, 3.63) is 54.6 Å². The minimum atomic E-state index is 1.03. The van der Waals surface area contributed by atoms with Gasteiger partial charge in [-0.15, -0.1) is 0 Å². The summed E-state index contributed by atoms with van der Waals surface area (Å²) in [5.41, 5.74) is 3.41. The quantitative estimate of drug-likeness (QED) is 0.677. The first-order valence-corrected chi connectivity index (χ1v) is 7.05. The molecule has 100 valence electrons. The van der Waals surface area contributed by atoms with Gasteiger partial charge in [0, 0.05) is 12.2 Å². The van der Waals surface area contributed by atoms with E-state index in [1.54, 1.807) is 0 Å². The molecule has 0 saturated carbocycles. The van der Waals surface area contributed by atoms with Gasteiger partial charge in [-0.2, -0.15) is 0 Å². The molecule has 0 aliphatic carbocycles. The molecule has 19 heavy (non-hydrogen) atoms. The number of hydrogen-bond donors (Lipinski definition) is 2. The number of hydrogen-bond acceptors (Lipinski definition) is 2. The third-order valence-corrected chi connectivity index (χ3v) is 3.08. The van der Waals surface area contributed by atoms with E-state index in [0.29, 0.717) is 0 Å². The van der Waals surface area contributed by atoms with Gasteiger partial charge in [0.2, 0.25) is 0 Å². The smallest absolute Gasteiger partial charge is 0.0620 e. The second kappa shape index (κ2) is 7.47. The molecule has 0 bridgehead atoms. The highest BCUT2D eigenvalue weighted by Gasteiger charge is 2.00. The minimum absolute atomic E-state index is 1.03. The van der Waals surface area contributed by atoms with Crippen molar-refractivity contribution in [2.75, 3.05) is 17.2 Å². The van der Waals surface area contributed by atoms with Crippen LogP contribution < -0.4 is 10.6 Å². The fourth-order valence-electron chi connectivity index (χ4n) is 2.02. The van der Waals surface area contributed by atoms with E-state index in [2.05, 4.69) is 54.0 Å². The molecule has 0 amide bonds. The fraction of sp³-hybridized carbons (Fsp3) is 0.294. The molecule has 0 spiro atoms. The molecule has 2 aromatic rings. The van der Waals surface area contributed by atoms with Gasteiger partial charge in [-0.1, -0.05) is 50.1 Å². The Bertz CT molecular complexity index is 480. The van der Waals surface area contributed by atoms with E-state index in [9.17, 15) is 0 Å². The summed E-state index contributed by atoms with van der Waals surface area (Å²) in [5.74, 6) is 0. The second-order valence-electron chi connectivity index (χ2n) is 4.67. The van der Waals surface area contributed by atoms with Crippen LogP contribution in [-0.4, -0.2) is 6.54 Å². The maximum atomic E-state index is 3.51. The predicted octanol–water partition coefficient (Wildman–Crippen LogP) is 5.03. The van der Waals surface area contributed by atoms with Crippen LogP contribution in [0.15, 0.2) is 54.6 Å². The lowest BCUT2D eigenvalue weighted by atomic mass is 10.2. The number of benzene rings is 2. The van der Waals surface area contributed by atoms with Crippen LogP contribution in [0, 0.1) is 0 Å². The summed E-state index contributed by atoms with van der Waals surface area (Å²) < 4.78 is 0. The molecule has 2 nitrogen and oxygen atoms in total. The maximum Gasteiger partial charge on any atom is 0.0620 e. The van der Waals surface area contributed by atoms with Crippen LogP contribution in [0.3, 0.4) is 0 Å². The average Bonchev–Trinajstić information content (AvgIpc) is 2.46. The summed E-state index contributed by atoms with van der Waals surface area (Å²) in [4.78, 5) is 0. The van der Waals surface area contributed by atoms with Crippen molar-refractivity contribution in [1.82, 2.24) is 0 Å². The van der Waals surface area contributed by atoms with Gasteiger partial charge < -0.3 is 10.6 Å². The Labute approximate surface area is 115 Å². The first-order valence-electron chi connectivity index (χ1n) is 7.05. The molecule has 0 radical (unpaired) electrons. The van der Waals surface area contributed by atoms with Crippen LogP contribution in [0.25, 0.3) is 0 Å². The van der Waals surface area contributed by atoms with Crippen LogP contribution in [0.2, 0.25) is 0 Å².